The van der Waals surface area contributed by atoms with Crippen molar-refractivity contribution in [3.05, 3.63) is 36.4 Å². The van der Waals surface area contributed by atoms with Crippen molar-refractivity contribution in [1.29, 1.82) is 0 Å². The number of aromatic amines is 1. The monoisotopic (exact) mass is 227 g/mol. The molecule has 0 aliphatic heterocycles. The minimum atomic E-state index is -0.0695. The molecule has 3 aromatic rings. The van der Waals surface area contributed by atoms with E-state index in [1.54, 1.807) is 12.1 Å². The predicted octanol–water partition coefficient (Wildman–Crippen LogP) is 2.04. The van der Waals surface area contributed by atoms with E-state index in [0.29, 0.717) is 16.6 Å². The van der Waals surface area contributed by atoms with Crippen LogP contribution in [0.1, 0.15) is 0 Å². The van der Waals surface area contributed by atoms with Gasteiger partial charge in [-0.3, -0.25) is 0 Å². The number of rotatable bonds is 1. The van der Waals surface area contributed by atoms with Crippen molar-refractivity contribution >= 4 is 11.0 Å². The molecule has 0 fully saturated rings. The van der Waals surface area contributed by atoms with Gasteiger partial charge in [0, 0.05) is 6.07 Å². The lowest BCUT2D eigenvalue weighted by Gasteiger charge is -2.07. The summed E-state index contributed by atoms with van der Waals surface area (Å²) in [5, 5.41) is 30.1. The molecule has 84 valence electrons. The molecule has 0 unspecified atom stereocenters. The largest absolute Gasteiger partial charge is 0.507 e. The van der Waals surface area contributed by atoms with E-state index in [2.05, 4.69) is 15.4 Å². The van der Waals surface area contributed by atoms with Gasteiger partial charge in [-0.1, -0.05) is 30.3 Å². The highest BCUT2D eigenvalue weighted by atomic mass is 16.3. The molecule has 0 saturated carbocycles. The molecule has 0 atom stereocenters. The summed E-state index contributed by atoms with van der Waals surface area (Å²) < 4.78 is 0. The highest BCUT2D eigenvalue weighted by Crippen LogP contribution is 2.40. The number of nitrogens with zero attached hydrogens (tertiary/aromatic N) is 2. The second-order valence-corrected chi connectivity index (χ2v) is 3.68. The van der Waals surface area contributed by atoms with Crippen LogP contribution < -0.4 is 0 Å². The molecule has 0 aliphatic rings. The van der Waals surface area contributed by atoms with Crippen molar-refractivity contribution in [2.45, 2.75) is 0 Å². The van der Waals surface area contributed by atoms with Crippen molar-refractivity contribution in [2.75, 3.05) is 0 Å². The van der Waals surface area contributed by atoms with Crippen LogP contribution in [0.5, 0.6) is 11.5 Å². The maximum atomic E-state index is 10.1. The fourth-order valence-corrected chi connectivity index (χ4v) is 1.84. The molecule has 0 spiro atoms. The normalized spacial score (nSPS) is 10.8. The lowest BCUT2D eigenvalue weighted by Crippen LogP contribution is -1.82. The molecule has 3 N–H and O–H groups in total. The number of benzene rings is 2. The zero-order chi connectivity index (χ0) is 11.8. The molecule has 0 bridgehead atoms. The number of H-pyrrole nitrogens is 1. The summed E-state index contributed by atoms with van der Waals surface area (Å²) in [5.74, 6) is -0.0879. The van der Waals surface area contributed by atoms with Gasteiger partial charge in [-0.15, -0.1) is 0 Å². The Kier molecular flexibility index (Phi) is 1.98. The molecule has 5 heteroatoms. The number of phenolic OH excluding ortho intramolecular Hbond substituents is 2. The lowest BCUT2D eigenvalue weighted by atomic mass is 10.0. The Hall–Kier alpha value is -2.56. The van der Waals surface area contributed by atoms with E-state index in [1.807, 2.05) is 18.2 Å². The summed E-state index contributed by atoms with van der Waals surface area (Å²) in [4.78, 5) is 0. The van der Waals surface area contributed by atoms with Gasteiger partial charge in [-0.25, -0.2) is 0 Å². The molecule has 1 aromatic heterocycles. The number of hydrogen-bond donors (Lipinski definition) is 3. The van der Waals surface area contributed by atoms with Crippen molar-refractivity contribution in [3.63, 3.8) is 0 Å². The van der Waals surface area contributed by atoms with Crippen LogP contribution in [0.15, 0.2) is 36.4 Å². The van der Waals surface area contributed by atoms with E-state index in [4.69, 9.17) is 0 Å². The van der Waals surface area contributed by atoms with E-state index < -0.39 is 0 Å². The number of phenols is 2. The van der Waals surface area contributed by atoms with Crippen LogP contribution in [0.3, 0.4) is 0 Å². The van der Waals surface area contributed by atoms with E-state index >= 15 is 0 Å². The summed E-state index contributed by atoms with van der Waals surface area (Å²) in [5.41, 5.74) is 1.88. The zero-order valence-corrected chi connectivity index (χ0v) is 8.75. The summed E-state index contributed by atoms with van der Waals surface area (Å²) in [6.07, 6.45) is 0. The van der Waals surface area contributed by atoms with Gasteiger partial charge in [0.2, 0.25) is 0 Å². The first-order valence-electron chi connectivity index (χ1n) is 5.08. The summed E-state index contributed by atoms with van der Waals surface area (Å²) >= 11 is 0. The number of hydrogen-bond acceptors (Lipinski definition) is 4. The van der Waals surface area contributed by atoms with Crippen LogP contribution in [0.2, 0.25) is 0 Å². The summed E-state index contributed by atoms with van der Waals surface area (Å²) in [7, 11) is 0. The SMILES string of the molecule is Oc1cc2n[nH]nc2c(O)c1-c1ccccc1. The minimum Gasteiger partial charge on any atom is -0.507 e. The van der Waals surface area contributed by atoms with Crippen molar-refractivity contribution in [3.8, 4) is 22.6 Å². The number of nitrogens with one attached hydrogen (secondary N) is 1. The van der Waals surface area contributed by atoms with Gasteiger partial charge in [0.05, 0.1) is 5.56 Å². The highest BCUT2D eigenvalue weighted by molar-refractivity contribution is 5.93. The average molecular weight is 227 g/mol. The molecule has 2 aromatic carbocycles. The molecule has 0 amide bonds. The van der Waals surface area contributed by atoms with E-state index in [0.717, 1.165) is 5.56 Å². The molecule has 3 rings (SSSR count). The zero-order valence-electron chi connectivity index (χ0n) is 8.75. The smallest absolute Gasteiger partial charge is 0.156 e. The molecule has 0 saturated heterocycles. The van der Waals surface area contributed by atoms with Gasteiger partial charge in [0.25, 0.3) is 0 Å². The lowest BCUT2D eigenvalue weighted by molar-refractivity contribution is 0.458. The van der Waals surface area contributed by atoms with Crippen LogP contribution in [-0.2, 0) is 0 Å². The molecule has 0 radical (unpaired) electrons. The Morgan fingerprint density at radius 3 is 2.53 bits per heavy atom. The van der Waals surface area contributed by atoms with Gasteiger partial charge < -0.3 is 10.2 Å². The topological polar surface area (TPSA) is 82.0 Å². The first-order valence-corrected chi connectivity index (χ1v) is 5.08. The fourth-order valence-electron chi connectivity index (χ4n) is 1.84. The average Bonchev–Trinajstić information content (AvgIpc) is 2.78. The molecule has 0 aliphatic carbocycles. The summed E-state index contributed by atoms with van der Waals surface area (Å²) in [6, 6.07) is 10.6. The molecule has 5 nitrogen and oxygen atoms in total. The van der Waals surface area contributed by atoms with Gasteiger partial charge in [0.15, 0.2) is 11.3 Å². The Labute approximate surface area is 96.3 Å². The maximum Gasteiger partial charge on any atom is 0.156 e. The molecule has 17 heavy (non-hydrogen) atoms. The quantitative estimate of drug-likeness (QED) is 0.594. The minimum absolute atomic E-state index is 0.0184. The maximum absolute atomic E-state index is 10.1. The van der Waals surface area contributed by atoms with Crippen LogP contribution >= 0.6 is 0 Å². The number of aromatic nitrogens is 3. The van der Waals surface area contributed by atoms with Gasteiger partial charge in [-0.05, 0) is 5.56 Å². The van der Waals surface area contributed by atoms with E-state index in [-0.39, 0.29) is 11.5 Å². The van der Waals surface area contributed by atoms with Crippen LogP contribution in [0.4, 0.5) is 0 Å². The van der Waals surface area contributed by atoms with E-state index in [9.17, 15) is 10.2 Å². The second kappa shape index (κ2) is 3.48. The van der Waals surface area contributed by atoms with Crippen molar-refractivity contribution in [2.24, 2.45) is 0 Å². The summed E-state index contributed by atoms with van der Waals surface area (Å²) in [6.45, 7) is 0. The van der Waals surface area contributed by atoms with Crippen LogP contribution in [0.25, 0.3) is 22.2 Å². The Morgan fingerprint density at radius 1 is 1.00 bits per heavy atom. The van der Waals surface area contributed by atoms with Gasteiger partial charge in [0.1, 0.15) is 11.3 Å². The second-order valence-electron chi connectivity index (χ2n) is 3.68. The van der Waals surface area contributed by atoms with Crippen LogP contribution in [0, 0.1) is 0 Å². The van der Waals surface area contributed by atoms with Crippen LogP contribution in [-0.4, -0.2) is 25.6 Å². The number of fused-ring (bicyclic) bond motifs is 1. The fraction of sp³-hybridized carbons (Fsp3) is 0. The Morgan fingerprint density at radius 2 is 1.76 bits per heavy atom. The van der Waals surface area contributed by atoms with Gasteiger partial charge >= 0.3 is 0 Å². The standard InChI is InChI=1S/C12H9N3O2/c16-9-6-8-11(14-15-13-8)12(17)10(9)7-4-2-1-3-5-7/h1-6,16-17H,(H,13,14,15). The molecule has 1 heterocycles. The third kappa shape index (κ3) is 1.40. The third-order valence-electron chi connectivity index (χ3n) is 2.63. The van der Waals surface area contributed by atoms with Crippen molar-refractivity contribution < 1.29 is 10.2 Å². The first kappa shape index (κ1) is 9.65. The molecular weight excluding hydrogens is 218 g/mol. The Bertz CT molecular complexity index is 677. The highest BCUT2D eigenvalue weighted by Gasteiger charge is 2.16. The Balaban J connectivity index is 2.36. The predicted molar refractivity (Wildman–Crippen MR) is 62.7 cm³/mol. The number of aromatic hydroxyl groups is 2. The third-order valence-corrected chi connectivity index (χ3v) is 2.63. The van der Waals surface area contributed by atoms with E-state index in [1.165, 1.54) is 6.07 Å². The first-order chi connectivity index (χ1) is 8.27. The van der Waals surface area contributed by atoms with Gasteiger partial charge in [-0.2, -0.15) is 15.4 Å². The molecular formula is C12H9N3O2. The van der Waals surface area contributed by atoms with Crippen molar-refractivity contribution in [1.82, 2.24) is 15.4 Å².